The maximum Gasteiger partial charge on any atom is 0.0317 e. The SMILES string of the molecule is c1ccc(CCNC2CNC2)cc1. The van der Waals surface area contributed by atoms with Gasteiger partial charge in [0.05, 0.1) is 0 Å². The summed E-state index contributed by atoms with van der Waals surface area (Å²) < 4.78 is 0. The van der Waals surface area contributed by atoms with E-state index in [0.29, 0.717) is 6.04 Å². The summed E-state index contributed by atoms with van der Waals surface area (Å²) in [6.45, 7) is 3.36. The van der Waals surface area contributed by atoms with Gasteiger partial charge < -0.3 is 10.6 Å². The van der Waals surface area contributed by atoms with Crippen LogP contribution < -0.4 is 10.6 Å². The molecule has 1 aliphatic rings. The van der Waals surface area contributed by atoms with Crippen molar-refractivity contribution in [3.63, 3.8) is 0 Å². The van der Waals surface area contributed by atoms with Gasteiger partial charge in [0.2, 0.25) is 0 Å². The van der Waals surface area contributed by atoms with E-state index in [0.717, 1.165) is 26.1 Å². The number of hydrogen-bond acceptors (Lipinski definition) is 2. The highest BCUT2D eigenvalue weighted by atomic mass is 15.1. The van der Waals surface area contributed by atoms with E-state index in [1.807, 2.05) is 0 Å². The second-order valence-electron chi connectivity index (χ2n) is 3.54. The van der Waals surface area contributed by atoms with Crippen molar-refractivity contribution in [2.24, 2.45) is 0 Å². The van der Waals surface area contributed by atoms with E-state index in [1.54, 1.807) is 0 Å². The van der Waals surface area contributed by atoms with E-state index in [9.17, 15) is 0 Å². The zero-order valence-electron chi connectivity index (χ0n) is 7.79. The Morgan fingerprint density at radius 1 is 1.23 bits per heavy atom. The van der Waals surface area contributed by atoms with Crippen LogP contribution in [0.5, 0.6) is 0 Å². The number of nitrogens with one attached hydrogen (secondary N) is 2. The fourth-order valence-corrected chi connectivity index (χ4v) is 1.50. The summed E-state index contributed by atoms with van der Waals surface area (Å²) in [6, 6.07) is 11.3. The molecule has 0 atom stereocenters. The Labute approximate surface area is 79.4 Å². The average molecular weight is 176 g/mol. The molecule has 2 heteroatoms. The van der Waals surface area contributed by atoms with Crippen molar-refractivity contribution in [1.29, 1.82) is 0 Å². The number of hydrogen-bond donors (Lipinski definition) is 2. The zero-order chi connectivity index (χ0) is 8.93. The van der Waals surface area contributed by atoms with Crippen molar-refractivity contribution in [2.75, 3.05) is 19.6 Å². The molecular weight excluding hydrogens is 160 g/mol. The van der Waals surface area contributed by atoms with Crippen LogP contribution in [-0.4, -0.2) is 25.7 Å². The molecule has 1 aromatic rings. The molecule has 0 aromatic heterocycles. The first kappa shape index (κ1) is 8.73. The summed E-state index contributed by atoms with van der Waals surface area (Å²) in [5.41, 5.74) is 1.42. The molecule has 2 nitrogen and oxygen atoms in total. The molecule has 2 N–H and O–H groups in total. The summed E-state index contributed by atoms with van der Waals surface area (Å²) in [4.78, 5) is 0. The van der Waals surface area contributed by atoms with Crippen LogP contribution in [0.4, 0.5) is 0 Å². The third-order valence-electron chi connectivity index (χ3n) is 2.47. The average Bonchev–Trinajstić information content (AvgIpc) is 2.11. The van der Waals surface area contributed by atoms with Gasteiger partial charge in [0.1, 0.15) is 0 Å². The first-order chi connectivity index (χ1) is 6.45. The third kappa shape index (κ3) is 2.54. The van der Waals surface area contributed by atoms with Crippen molar-refractivity contribution in [3.8, 4) is 0 Å². The molecule has 1 fully saturated rings. The fourth-order valence-electron chi connectivity index (χ4n) is 1.50. The van der Waals surface area contributed by atoms with E-state index < -0.39 is 0 Å². The first-order valence-electron chi connectivity index (χ1n) is 4.93. The molecule has 1 heterocycles. The molecule has 2 rings (SSSR count). The van der Waals surface area contributed by atoms with Gasteiger partial charge in [-0.05, 0) is 18.5 Å². The van der Waals surface area contributed by atoms with E-state index in [4.69, 9.17) is 0 Å². The normalized spacial score (nSPS) is 16.9. The van der Waals surface area contributed by atoms with Gasteiger partial charge in [-0.2, -0.15) is 0 Å². The standard InChI is InChI=1S/C11H16N2/c1-2-4-10(5-3-1)6-7-13-11-8-12-9-11/h1-5,11-13H,6-9H2. The van der Waals surface area contributed by atoms with E-state index in [2.05, 4.69) is 41.0 Å². The largest absolute Gasteiger partial charge is 0.314 e. The molecule has 1 aromatic carbocycles. The molecule has 0 bridgehead atoms. The van der Waals surface area contributed by atoms with Crippen LogP contribution in [0.1, 0.15) is 5.56 Å². The molecule has 70 valence electrons. The van der Waals surface area contributed by atoms with Crippen LogP contribution in [0.2, 0.25) is 0 Å². The predicted octanol–water partition coefficient (Wildman–Crippen LogP) is 0.790. The van der Waals surface area contributed by atoms with Gasteiger partial charge in [0.25, 0.3) is 0 Å². The molecule has 0 radical (unpaired) electrons. The van der Waals surface area contributed by atoms with Gasteiger partial charge in [-0.1, -0.05) is 30.3 Å². The van der Waals surface area contributed by atoms with Crippen molar-refractivity contribution in [1.82, 2.24) is 10.6 Å². The highest BCUT2D eigenvalue weighted by molar-refractivity contribution is 5.14. The Morgan fingerprint density at radius 2 is 2.00 bits per heavy atom. The summed E-state index contributed by atoms with van der Waals surface area (Å²) in [7, 11) is 0. The van der Waals surface area contributed by atoms with E-state index >= 15 is 0 Å². The molecule has 0 saturated carbocycles. The van der Waals surface area contributed by atoms with Crippen LogP contribution in [0.3, 0.4) is 0 Å². The maximum absolute atomic E-state index is 3.51. The lowest BCUT2D eigenvalue weighted by molar-refractivity contribution is 0.369. The Hall–Kier alpha value is -0.860. The minimum Gasteiger partial charge on any atom is -0.314 e. The van der Waals surface area contributed by atoms with Crippen LogP contribution in [0, 0.1) is 0 Å². The van der Waals surface area contributed by atoms with Crippen molar-refractivity contribution < 1.29 is 0 Å². The monoisotopic (exact) mass is 176 g/mol. The summed E-state index contributed by atoms with van der Waals surface area (Å²) >= 11 is 0. The molecule has 0 unspecified atom stereocenters. The topological polar surface area (TPSA) is 24.1 Å². The minimum absolute atomic E-state index is 0.712. The number of rotatable bonds is 4. The smallest absolute Gasteiger partial charge is 0.0317 e. The fraction of sp³-hybridized carbons (Fsp3) is 0.455. The van der Waals surface area contributed by atoms with Crippen molar-refractivity contribution in [3.05, 3.63) is 35.9 Å². The molecule has 1 saturated heterocycles. The lowest BCUT2D eigenvalue weighted by Gasteiger charge is -2.28. The van der Waals surface area contributed by atoms with Gasteiger partial charge in [0, 0.05) is 19.1 Å². The summed E-state index contributed by atoms with van der Waals surface area (Å²) in [6.07, 6.45) is 1.14. The van der Waals surface area contributed by atoms with Gasteiger partial charge >= 0.3 is 0 Å². The predicted molar refractivity (Wildman–Crippen MR) is 54.8 cm³/mol. The van der Waals surface area contributed by atoms with Crippen molar-refractivity contribution in [2.45, 2.75) is 12.5 Å². The Morgan fingerprint density at radius 3 is 2.62 bits per heavy atom. The lowest BCUT2D eigenvalue weighted by atomic mass is 10.1. The van der Waals surface area contributed by atoms with Crippen LogP contribution >= 0.6 is 0 Å². The van der Waals surface area contributed by atoms with Gasteiger partial charge in [0.15, 0.2) is 0 Å². The van der Waals surface area contributed by atoms with Crippen LogP contribution in [0.15, 0.2) is 30.3 Å². The highest BCUT2D eigenvalue weighted by Crippen LogP contribution is 1.99. The quantitative estimate of drug-likeness (QED) is 0.709. The Balaban J connectivity index is 1.67. The third-order valence-corrected chi connectivity index (χ3v) is 2.47. The van der Waals surface area contributed by atoms with Crippen LogP contribution in [0.25, 0.3) is 0 Å². The molecule has 0 aliphatic carbocycles. The molecule has 1 aliphatic heterocycles. The van der Waals surface area contributed by atoms with Crippen molar-refractivity contribution >= 4 is 0 Å². The Bertz CT molecular complexity index is 242. The van der Waals surface area contributed by atoms with Gasteiger partial charge in [-0.25, -0.2) is 0 Å². The second kappa shape index (κ2) is 4.40. The van der Waals surface area contributed by atoms with Gasteiger partial charge in [-0.15, -0.1) is 0 Å². The molecule has 0 spiro atoms. The van der Waals surface area contributed by atoms with E-state index in [-0.39, 0.29) is 0 Å². The maximum atomic E-state index is 3.51. The Kier molecular flexibility index (Phi) is 2.95. The summed E-state index contributed by atoms with van der Waals surface area (Å²) in [5.74, 6) is 0. The second-order valence-corrected chi connectivity index (χ2v) is 3.54. The first-order valence-corrected chi connectivity index (χ1v) is 4.93. The van der Waals surface area contributed by atoms with Gasteiger partial charge in [-0.3, -0.25) is 0 Å². The minimum atomic E-state index is 0.712. The number of benzene rings is 1. The van der Waals surface area contributed by atoms with E-state index in [1.165, 1.54) is 5.56 Å². The highest BCUT2D eigenvalue weighted by Gasteiger charge is 2.14. The zero-order valence-corrected chi connectivity index (χ0v) is 7.79. The molecular formula is C11H16N2. The lowest BCUT2D eigenvalue weighted by Crippen LogP contribution is -2.55. The molecule has 0 amide bonds. The summed E-state index contributed by atoms with van der Waals surface area (Å²) in [5, 5.41) is 6.75. The van der Waals surface area contributed by atoms with Crippen LogP contribution in [-0.2, 0) is 6.42 Å². The molecule has 13 heavy (non-hydrogen) atoms.